The summed E-state index contributed by atoms with van der Waals surface area (Å²) in [6, 6.07) is 10.2. The van der Waals surface area contributed by atoms with Crippen molar-refractivity contribution in [1.29, 1.82) is 0 Å². The van der Waals surface area contributed by atoms with Crippen molar-refractivity contribution in [1.82, 2.24) is 4.90 Å². The van der Waals surface area contributed by atoms with Crippen LogP contribution in [0.2, 0.25) is 0 Å². The van der Waals surface area contributed by atoms with Crippen molar-refractivity contribution in [3.8, 4) is 0 Å². The fraction of sp³-hybridized carbons (Fsp3) is 0.571. The maximum atomic E-state index is 10.2. The topological polar surface area (TPSA) is 32.7 Å². The van der Waals surface area contributed by atoms with Gasteiger partial charge < -0.3 is 9.84 Å². The van der Waals surface area contributed by atoms with Gasteiger partial charge in [0.1, 0.15) is 0 Å². The van der Waals surface area contributed by atoms with Gasteiger partial charge in [-0.3, -0.25) is 4.90 Å². The Bertz CT molecular complexity index is 300. The normalized spacial score (nSPS) is 13.3. The third-order valence-corrected chi connectivity index (χ3v) is 2.90. The minimum Gasteiger partial charge on any atom is -0.387 e. The van der Waals surface area contributed by atoms with Crippen molar-refractivity contribution in [2.24, 2.45) is 0 Å². The fourth-order valence-corrected chi connectivity index (χ4v) is 1.77. The molecule has 0 radical (unpaired) electrons. The van der Waals surface area contributed by atoms with Gasteiger partial charge in [0, 0.05) is 26.2 Å². The summed E-state index contributed by atoms with van der Waals surface area (Å²) in [5, 5.41) is 10.2. The monoisotopic (exact) mass is 237 g/mol. The van der Waals surface area contributed by atoms with E-state index in [2.05, 4.69) is 18.7 Å². The molecule has 0 bridgehead atoms. The molecule has 1 atom stereocenters. The molecule has 96 valence electrons. The van der Waals surface area contributed by atoms with Crippen LogP contribution in [0.4, 0.5) is 0 Å². The molecule has 0 spiro atoms. The van der Waals surface area contributed by atoms with Crippen molar-refractivity contribution in [3.05, 3.63) is 35.9 Å². The van der Waals surface area contributed by atoms with E-state index >= 15 is 0 Å². The van der Waals surface area contributed by atoms with E-state index in [0.717, 1.165) is 12.1 Å². The van der Waals surface area contributed by atoms with E-state index in [1.807, 2.05) is 30.3 Å². The Kier molecular flexibility index (Phi) is 6.19. The highest BCUT2D eigenvalue weighted by Gasteiger charge is 2.15. The first kappa shape index (κ1) is 14.2. The summed E-state index contributed by atoms with van der Waals surface area (Å²) >= 11 is 0. The van der Waals surface area contributed by atoms with Crippen LogP contribution in [0.1, 0.15) is 25.5 Å². The summed E-state index contributed by atoms with van der Waals surface area (Å²) in [7, 11) is 1.70. The van der Waals surface area contributed by atoms with Crippen LogP contribution in [0.15, 0.2) is 30.3 Å². The molecular weight excluding hydrogens is 214 g/mol. The SMILES string of the molecule is COCCN(CC(O)c1ccccc1)C(C)C. The van der Waals surface area contributed by atoms with E-state index in [-0.39, 0.29) is 0 Å². The number of aliphatic hydroxyl groups is 1. The lowest BCUT2D eigenvalue weighted by atomic mass is 10.1. The Morgan fingerprint density at radius 1 is 1.24 bits per heavy atom. The van der Waals surface area contributed by atoms with E-state index in [1.54, 1.807) is 7.11 Å². The molecule has 0 heterocycles. The number of benzene rings is 1. The van der Waals surface area contributed by atoms with E-state index in [1.165, 1.54) is 0 Å². The molecule has 0 aliphatic rings. The van der Waals surface area contributed by atoms with Crippen LogP contribution in [-0.2, 0) is 4.74 Å². The number of aliphatic hydroxyl groups excluding tert-OH is 1. The van der Waals surface area contributed by atoms with Crippen molar-refractivity contribution >= 4 is 0 Å². The molecule has 1 N–H and O–H groups in total. The molecule has 3 nitrogen and oxygen atoms in total. The Morgan fingerprint density at radius 3 is 2.41 bits per heavy atom. The van der Waals surface area contributed by atoms with Crippen LogP contribution in [0.5, 0.6) is 0 Å². The third-order valence-electron chi connectivity index (χ3n) is 2.90. The van der Waals surface area contributed by atoms with Gasteiger partial charge >= 0.3 is 0 Å². The second-order valence-corrected chi connectivity index (χ2v) is 4.51. The molecule has 0 saturated heterocycles. The largest absolute Gasteiger partial charge is 0.387 e. The Labute approximate surface area is 104 Å². The number of hydrogen-bond donors (Lipinski definition) is 1. The van der Waals surface area contributed by atoms with Gasteiger partial charge in [-0.15, -0.1) is 0 Å². The van der Waals surface area contributed by atoms with Gasteiger partial charge in [-0.25, -0.2) is 0 Å². The summed E-state index contributed by atoms with van der Waals surface area (Å²) in [6.07, 6.45) is -0.435. The number of hydrogen-bond acceptors (Lipinski definition) is 3. The zero-order valence-corrected chi connectivity index (χ0v) is 11.0. The molecule has 0 amide bonds. The lowest BCUT2D eigenvalue weighted by Gasteiger charge is -2.28. The zero-order chi connectivity index (χ0) is 12.7. The molecule has 1 aromatic rings. The van der Waals surface area contributed by atoms with Crippen LogP contribution in [0.3, 0.4) is 0 Å². The van der Waals surface area contributed by atoms with Gasteiger partial charge in [-0.05, 0) is 19.4 Å². The molecule has 0 aliphatic carbocycles. The smallest absolute Gasteiger partial charge is 0.0917 e. The molecule has 0 aliphatic heterocycles. The summed E-state index contributed by atoms with van der Waals surface area (Å²) in [5.74, 6) is 0. The van der Waals surface area contributed by atoms with Crippen LogP contribution < -0.4 is 0 Å². The van der Waals surface area contributed by atoms with E-state index < -0.39 is 6.10 Å². The molecule has 0 fully saturated rings. The number of methoxy groups -OCH3 is 1. The lowest BCUT2D eigenvalue weighted by molar-refractivity contribution is 0.0721. The fourth-order valence-electron chi connectivity index (χ4n) is 1.77. The molecule has 1 rings (SSSR count). The van der Waals surface area contributed by atoms with Gasteiger partial charge in [0.15, 0.2) is 0 Å². The standard InChI is InChI=1S/C14H23NO2/c1-12(2)15(9-10-17-3)11-14(16)13-7-5-4-6-8-13/h4-8,12,14,16H,9-11H2,1-3H3. The maximum Gasteiger partial charge on any atom is 0.0917 e. The quantitative estimate of drug-likeness (QED) is 0.788. The molecular formula is C14H23NO2. The highest BCUT2D eigenvalue weighted by Crippen LogP contribution is 2.14. The molecule has 3 heteroatoms. The molecule has 1 unspecified atom stereocenters. The van der Waals surface area contributed by atoms with Crippen LogP contribution in [-0.4, -0.2) is 42.9 Å². The highest BCUT2D eigenvalue weighted by atomic mass is 16.5. The first-order valence-corrected chi connectivity index (χ1v) is 6.11. The maximum absolute atomic E-state index is 10.2. The third kappa shape index (κ3) is 4.86. The molecule has 1 aromatic carbocycles. The van der Waals surface area contributed by atoms with Crippen molar-refractivity contribution < 1.29 is 9.84 Å². The summed E-state index contributed by atoms with van der Waals surface area (Å²) in [6.45, 7) is 6.45. The molecule has 0 aromatic heterocycles. The van der Waals surface area contributed by atoms with Gasteiger partial charge in [-0.1, -0.05) is 30.3 Å². The summed E-state index contributed by atoms with van der Waals surface area (Å²) < 4.78 is 5.09. The van der Waals surface area contributed by atoms with E-state index in [4.69, 9.17) is 4.74 Å². The minimum atomic E-state index is -0.435. The summed E-state index contributed by atoms with van der Waals surface area (Å²) in [4.78, 5) is 2.22. The first-order valence-electron chi connectivity index (χ1n) is 6.11. The predicted molar refractivity (Wildman–Crippen MR) is 70.0 cm³/mol. The Balaban J connectivity index is 2.54. The van der Waals surface area contributed by atoms with Gasteiger partial charge in [0.05, 0.1) is 12.7 Å². The second kappa shape index (κ2) is 7.43. The van der Waals surface area contributed by atoms with Gasteiger partial charge in [-0.2, -0.15) is 0 Å². The van der Waals surface area contributed by atoms with Crippen molar-refractivity contribution in [3.63, 3.8) is 0 Å². The summed E-state index contributed by atoms with van der Waals surface area (Å²) in [5.41, 5.74) is 0.968. The van der Waals surface area contributed by atoms with E-state index in [0.29, 0.717) is 19.2 Å². The van der Waals surface area contributed by atoms with Crippen LogP contribution in [0, 0.1) is 0 Å². The number of nitrogens with zero attached hydrogens (tertiary/aromatic N) is 1. The van der Waals surface area contributed by atoms with Gasteiger partial charge in [0.25, 0.3) is 0 Å². The molecule has 17 heavy (non-hydrogen) atoms. The zero-order valence-electron chi connectivity index (χ0n) is 11.0. The van der Waals surface area contributed by atoms with Crippen LogP contribution >= 0.6 is 0 Å². The number of ether oxygens (including phenoxy) is 1. The van der Waals surface area contributed by atoms with Gasteiger partial charge in [0.2, 0.25) is 0 Å². The van der Waals surface area contributed by atoms with E-state index in [9.17, 15) is 5.11 Å². The average molecular weight is 237 g/mol. The van der Waals surface area contributed by atoms with Crippen molar-refractivity contribution in [2.45, 2.75) is 26.0 Å². The molecule has 0 saturated carbocycles. The van der Waals surface area contributed by atoms with Crippen molar-refractivity contribution in [2.75, 3.05) is 26.8 Å². The average Bonchev–Trinajstić information content (AvgIpc) is 2.35. The Hall–Kier alpha value is -0.900. The Morgan fingerprint density at radius 2 is 1.88 bits per heavy atom. The second-order valence-electron chi connectivity index (χ2n) is 4.51. The minimum absolute atomic E-state index is 0.406. The highest BCUT2D eigenvalue weighted by molar-refractivity contribution is 5.17. The number of rotatable bonds is 7. The predicted octanol–water partition coefficient (Wildman–Crippen LogP) is 2.08. The first-order chi connectivity index (χ1) is 8.15. The van der Waals surface area contributed by atoms with Crippen LogP contribution in [0.25, 0.3) is 0 Å². The lowest BCUT2D eigenvalue weighted by Crippen LogP contribution is -2.37.